The molecule has 0 radical (unpaired) electrons. The third-order valence-corrected chi connectivity index (χ3v) is 3.92. The lowest BCUT2D eigenvalue weighted by molar-refractivity contribution is -0.144. The second-order valence-corrected chi connectivity index (χ2v) is 5.76. The molecule has 0 aliphatic heterocycles. The highest BCUT2D eigenvalue weighted by Crippen LogP contribution is 2.33. The number of anilines is 2. The van der Waals surface area contributed by atoms with Crippen LogP contribution in [0, 0.1) is 6.92 Å². The molecule has 7 heteroatoms. The van der Waals surface area contributed by atoms with Gasteiger partial charge in [0.25, 0.3) is 0 Å². The fourth-order valence-electron chi connectivity index (χ4n) is 2.82. The first-order valence-corrected chi connectivity index (χ1v) is 7.61. The monoisotopic (exact) mass is 342 g/mol. The highest BCUT2D eigenvalue weighted by atomic mass is 19.4. The van der Waals surface area contributed by atoms with Crippen molar-refractivity contribution in [3.8, 4) is 0 Å². The predicted molar refractivity (Wildman–Crippen MR) is 90.9 cm³/mol. The fraction of sp³-hybridized carbons (Fsp3) is 0.111. The van der Waals surface area contributed by atoms with E-state index in [0.717, 1.165) is 10.8 Å². The number of alkyl halides is 3. The number of aromatic nitrogens is 3. The topological polar surface area (TPSA) is 53.6 Å². The molecule has 126 valence electrons. The van der Waals surface area contributed by atoms with Gasteiger partial charge in [-0.05, 0) is 24.4 Å². The Hall–Kier alpha value is -3.09. The maximum absolute atomic E-state index is 13.1. The Morgan fingerprint density at radius 3 is 2.52 bits per heavy atom. The number of hydrogen-bond donors (Lipinski definition) is 2. The molecule has 0 fully saturated rings. The van der Waals surface area contributed by atoms with E-state index in [1.807, 2.05) is 42.5 Å². The van der Waals surface area contributed by atoms with Crippen molar-refractivity contribution in [1.82, 2.24) is 15.0 Å². The second-order valence-electron chi connectivity index (χ2n) is 5.76. The summed E-state index contributed by atoms with van der Waals surface area (Å²) in [6.07, 6.45) is -4.62. The number of benzene rings is 2. The molecule has 4 rings (SSSR count). The molecule has 0 saturated heterocycles. The summed E-state index contributed by atoms with van der Waals surface area (Å²) >= 11 is 0. The van der Waals surface area contributed by atoms with Crippen molar-refractivity contribution in [3.05, 3.63) is 60.0 Å². The molecule has 0 amide bonds. The predicted octanol–water partition coefficient (Wildman–Crippen LogP) is 5.18. The largest absolute Gasteiger partial charge is 0.451 e. The minimum Gasteiger partial charge on any atom is -0.343 e. The van der Waals surface area contributed by atoms with Crippen molar-refractivity contribution in [2.24, 2.45) is 0 Å². The second kappa shape index (κ2) is 5.47. The van der Waals surface area contributed by atoms with E-state index in [4.69, 9.17) is 0 Å². The van der Waals surface area contributed by atoms with Crippen molar-refractivity contribution < 1.29 is 13.2 Å². The van der Waals surface area contributed by atoms with E-state index in [1.54, 1.807) is 13.0 Å². The molecule has 0 saturated carbocycles. The smallest absolute Gasteiger partial charge is 0.343 e. The number of aromatic amines is 1. The van der Waals surface area contributed by atoms with Gasteiger partial charge in [0.05, 0.1) is 5.39 Å². The van der Waals surface area contributed by atoms with Gasteiger partial charge in [0, 0.05) is 16.8 Å². The van der Waals surface area contributed by atoms with E-state index in [-0.39, 0.29) is 11.5 Å². The average molecular weight is 342 g/mol. The Morgan fingerprint density at radius 1 is 0.960 bits per heavy atom. The van der Waals surface area contributed by atoms with Gasteiger partial charge in [-0.3, -0.25) is 0 Å². The van der Waals surface area contributed by atoms with Crippen LogP contribution in [-0.2, 0) is 6.18 Å². The summed E-state index contributed by atoms with van der Waals surface area (Å²) in [5.74, 6) is -1.05. The standard InChI is InChI=1S/C18H13F3N4/c1-10-9-13-15(22-10)24-17(18(19,20)21)25-16(13)23-14-8-4-6-11-5-2-3-7-12(11)14/h2-9H,1H3,(H2,22,23,24,25). The van der Waals surface area contributed by atoms with Crippen LogP contribution in [0.5, 0.6) is 0 Å². The summed E-state index contributed by atoms with van der Waals surface area (Å²) in [5.41, 5.74) is 1.55. The lowest BCUT2D eigenvalue weighted by Gasteiger charge is -2.12. The normalized spacial score (nSPS) is 12.0. The van der Waals surface area contributed by atoms with Crippen LogP contribution in [0.25, 0.3) is 21.8 Å². The zero-order valence-electron chi connectivity index (χ0n) is 13.1. The number of nitrogens with zero attached hydrogens (tertiary/aromatic N) is 2. The Labute approximate surface area is 140 Å². The third kappa shape index (κ3) is 2.77. The van der Waals surface area contributed by atoms with Gasteiger partial charge in [-0.15, -0.1) is 0 Å². The zero-order valence-corrected chi connectivity index (χ0v) is 13.1. The van der Waals surface area contributed by atoms with Crippen LogP contribution < -0.4 is 5.32 Å². The van der Waals surface area contributed by atoms with E-state index < -0.39 is 12.0 Å². The van der Waals surface area contributed by atoms with Gasteiger partial charge in [-0.25, -0.2) is 9.97 Å². The highest BCUT2D eigenvalue weighted by Gasteiger charge is 2.36. The van der Waals surface area contributed by atoms with Gasteiger partial charge >= 0.3 is 6.18 Å². The number of hydrogen-bond acceptors (Lipinski definition) is 3. The summed E-state index contributed by atoms with van der Waals surface area (Å²) in [6, 6.07) is 15.0. The van der Waals surface area contributed by atoms with E-state index in [2.05, 4.69) is 20.3 Å². The molecule has 4 nitrogen and oxygen atoms in total. The average Bonchev–Trinajstić information content (AvgIpc) is 2.95. The molecule has 2 aromatic heterocycles. The summed E-state index contributed by atoms with van der Waals surface area (Å²) in [6.45, 7) is 1.76. The lowest BCUT2D eigenvalue weighted by Crippen LogP contribution is -2.12. The van der Waals surface area contributed by atoms with Crippen LogP contribution >= 0.6 is 0 Å². The maximum Gasteiger partial charge on any atom is 0.451 e. The summed E-state index contributed by atoms with van der Waals surface area (Å²) in [5, 5.41) is 5.44. The van der Waals surface area contributed by atoms with E-state index in [9.17, 15) is 13.2 Å². The molecule has 2 heterocycles. The maximum atomic E-state index is 13.1. The van der Waals surface area contributed by atoms with Gasteiger partial charge in [-0.1, -0.05) is 36.4 Å². The third-order valence-electron chi connectivity index (χ3n) is 3.92. The SMILES string of the molecule is Cc1cc2c(Nc3cccc4ccccc34)nc(C(F)(F)F)nc2[nH]1. The van der Waals surface area contributed by atoms with Crippen LogP contribution in [-0.4, -0.2) is 15.0 Å². The van der Waals surface area contributed by atoms with Gasteiger partial charge in [0.1, 0.15) is 11.5 Å². The quantitative estimate of drug-likeness (QED) is 0.528. The summed E-state index contributed by atoms with van der Waals surface area (Å²) < 4.78 is 39.4. The molecule has 4 aromatic rings. The number of fused-ring (bicyclic) bond motifs is 2. The Kier molecular flexibility index (Phi) is 3.38. The fourth-order valence-corrected chi connectivity index (χ4v) is 2.82. The van der Waals surface area contributed by atoms with E-state index in [0.29, 0.717) is 16.8 Å². The zero-order chi connectivity index (χ0) is 17.6. The van der Waals surface area contributed by atoms with Crippen LogP contribution in [0.3, 0.4) is 0 Å². The molecule has 2 aromatic carbocycles. The van der Waals surface area contributed by atoms with E-state index in [1.165, 1.54) is 0 Å². The van der Waals surface area contributed by atoms with Gasteiger partial charge in [-0.2, -0.15) is 13.2 Å². The summed E-state index contributed by atoms with van der Waals surface area (Å²) in [4.78, 5) is 10.2. The first kappa shape index (κ1) is 15.4. The first-order chi connectivity index (χ1) is 11.9. The molecule has 0 spiro atoms. The van der Waals surface area contributed by atoms with Gasteiger partial charge in [0.15, 0.2) is 0 Å². The minimum atomic E-state index is -4.62. The number of halogens is 3. The molecule has 0 aliphatic carbocycles. The Balaban J connectivity index is 1.90. The van der Waals surface area contributed by atoms with Crippen molar-refractivity contribution in [3.63, 3.8) is 0 Å². The van der Waals surface area contributed by atoms with Crippen molar-refractivity contribution in [2.75, 3.05) is 5.32 Å². The van der Waals surface area contributed by atoms with Gasteiger partial charge < -0.3 is 10.3 Å². The molecular weight excluding hydrogens is 329 g/mol. The molecule has 2 N–H and O–H groups in total. The first-order valence-electron chi connectivity index (χ1n) is 7.61. The lowest BCUT2D eigenvalue weighted by atomic mass is 10.1. The van der Waals surface area contributed by atoms with Crippen LogP contribution in [0.1, 0.15) is 11.5 Å². The van der Waals surface area contributed by atoms with Crippen molar-refractivity contribution in [1.29, 1.82) is 0 Å². The number of aryl methyl sites for hydroxylation is 1. The molecule has 0 aliphatic rings. The summed E-state index contributed by atoms with van der Waals surface area (Å²) in [7, 11) is 0. The van der Waals surface area contributed by atoms with Crippen molar-refractivity contribution in [2.45, 2.75) is 13.1 Å². The molecule has 0 bridgehead atoms. The Morgan fingerprint density at radius 2 is 1.72 bits per heavy atom. The molecular formula is C18H13F3N4. The minimum absolute atomic E-state index is 0.123. The van der Waals surface area contributed by atoms with Crippen molar-refractivity contribution >= 4 is 33.3 Å². The molecule has 0 unspecified atom stereocenters. The van der Waals surface area contributed by atoms with E-state index >= 15 is 0 Å². The van der Waals surface area contributed by atoms with Crippen LogP contribution in [0.15, 0.2) is 48.5 Å². The van der Waals surface area contributed by atoms with Crippen LogP contribution in [0.4, 0.5) is 24.7 Å². The number of nitrogens with one attached hydrogen (secondary N) is 2. The number of H-pyrrole nitrogens is 1. The molecule has 0 atom stereocenters. The molecule has 25 heavy (non-hydrogen) atoms. The van der Waals surface area contributed by atoms with Crippen LogP contribution in [0.2, 0.25) is 0 Å². The number of rotatable bonds is 2. The highest BCUT2D eigenvalue weighted by molar-refractivity contribution is 5.98. The van der Waals surface area contributed by atoms with Gasteiger partial charge in [0.2, 0.25) is 5.82 Å². The Bertz CT molecular complexity index is 1080.